The van der Waals surface area contributed by atoms with E-state index < -0.39 is 10.1 Å². The van der Waals surface area contributed by atoms with E-state index in [0.717, 1.165) is 24.8 Å². The van der Waals surface area contributed by atoms with Gasteiger partial charge in [-0.15, -0.1) is 0 Å². The summed E-state index contributed by atoms with van der Waals surface area (Å²) in [6.45, 7) is 2.35. The number of hydrogen-bond acceptors (Lipinski definition) is 9. The van der Waals surface area contributed by atoms with Gasteiger partial charge in [0.25, 0.3) is 10.1 Å². The fourth-order valence-electron chi connectivity index (χ4n) is 3.58. The van der Waals surface area contributed by atoms with Crippen molar-refractivity contribution in [3.63, 3.8) is 0 Å². The Bertz CT molecular complexity index is 1320. The van der Waals surface area contributed by atoms with E-state index in [2.05, 4.69) is 26.6 Å². The Morgan fingerprint density at radius 3 is 2.81 bits per heavy atom. The van der Waals surface area contributed by atoms with Gasteiger partial charge in [0, 0.05) is 19.2 Å². The Morgan fingerprint density at radius 2 is 2.16 bits per heavy atom. The van der Waals surface area contributed by atoms with Crippen molar-refractivity contribution in [1.82, 2.24) is 24.4 Å². The zero-order valence-electron chi connectivity index (χ0n) is 17.7. The molecule has 3 aromatic rings. The highest BCUT2D eigenvalue weighted by atomic mass is 35.5. The van der Waals surface area contributed by atoms with Crippen LogP contribution in [-0.4, -0.2) is 52.2 Å². The molecule has 0 unspecified atom stereocenters. The Kier molecular flexibility index (Phi) is 5.74. The highest BCUT2D eigenvalue weighted by molar-refractivity contribution is 7.85. The molecule has 3 aromatic heterocycles. The van der Waals surface area contributed by atoms with Crippen LogP contribution in [0, 0.1) is 18.3 Å². The molecule has 4 rings (SSSR count). The number of fused-ring (bicyclic) bond motifs is 1. The van der Waals surface area contributed by atoms with Crippen LogP contribution in [-0.2, 0) is 26.3 Å². The molecule has 3 N–H and O–H groups in total. The van der Waals surface area contributed by atoms with Crippen molar-refractivity contribution < 1.29 is 12.6 Å². The lowest BCUT2D eigenvalue weighted by Gasteiger charge is -2.15. The summed E-state index contributed by atoms with van der Waals surface area (Å²) in [6, 6.07) is 3.99. The standard InChI is InChI=1S/C19H23ClN8O3S/c1-12-15(20)18-24-17(14(11-21)16(22)28(18)25-12)23-8-3-13-4-9-27(26-13)19(5-6-19)7-10-31-32(2,29)30/h4,9H,3,5-8,10,22H2,1-2H3,(H,23,24). The maximum atomic E-state index is 11.2. The van der Waals surface area contributed by atoms with Crippen LogP contribution in [0.4, 0.5) is 11.6 Å². The van der Waals surface area contributed by atoms with E-state index in [0.29, 0.717) is 41.6 Å². The van der Waals surface area contributed by atoms with E-state index >= 15 is 0 Å². The average Bonchev–Trinajstić information content (AvgIpc) is 3.25. The predicted octanol–water partition coefficient (Wildman–Crippen LogP) is 1.85. The second kappa shape index (κ2) is 8.23. The summed E-state index contributed by atoms with van der Waals surface area (Å²) in [5, 5.41) is 21.9. The van der Waals surface area contributed by atoms with Crippen LogP contribution in [0.5, 0.6) is 0 Å². The molecule has 1 aliphatic carbocycles. The molecule has 11 nitrogen and oxygen atoms in total. The van der Waals surface area contributed by atoms with Crippen molar-refractivity contribution in [1.29, 1.82) is 5.26 Å². The molecule has 32 heavy (non-hydrogen) atoms. The number of hydrogen-bond donors (Lipinski definition) is 2. The van der Waals surface area contributed by atoms with E-state index in [9.17, 15) is 13.7 Å². The molecule has 0 atom stereocenters. The summed E-state index contributed by atoms with van der Waals surface area (Å²) in [7, 11) is -3.45. The summed E-state index contributed by atoms with van der Waals surface area (Å²) < 4.78 is 30.5. The van der Waals surface area contributed by atoms with Crippen LogP contribution in [0.3, 0.4) is 0 Å². The average molecular weight is 479 g/mol. The van der Waals surface area contributed by atoms with E-state index in [1.807, 2.05) is 16.9 Å². The molecule has 1 fully saturated rings. The van der Waals surface area contributed by atoms with E-state index in [4.69, 9.17) is 21.5 Å². The number of nitrogens with two attached hydrogens (primary N) is 1. The number of aryl methyl sites for hydroxylation is 1. The van der Waals surface area contributed by atoms with Crippen molar-refractivity contribution in [3.8, 4) is 6.07 Å². The van der Waals surface area contributed by atoms with Crippen LogP contribution < -0.4 is 11.1 Å². The maximum Gasteiger partial charge on any atom is 0.264 e. The molecule has 3 heterocycles. The first kappa shape index (κ1) is 22.3. The second-order valence-corrected chi connectivity index (χ2v) is 9.92. The van der Waals surface area contributed by atoms with Gasteiger partial charge in [-0.1, -0.05) is 11.6 Å². The van der Waals surface area contributed by atoms with Crippen molar-refractivity contribution in [2.45, 2.75) is 38.1 Å². The number of rotatable bonds is 9. The first-order valence-corrected chi connectivity index (χ1v) is 12.2. The number of nitrogen functional groups attached to an aromatic ring is 1. The van der Waals surface area contributed by atoms with Gasteiger partial charge >= 0.3 is 0 Å². The molecule has 1 aliphatic rings. The van der Waals surface area contributed by atoms with Gasteiger partial charge in [-0.2, -0.15) is 28.4 Å². The molecule has 0 spiro atoms. The molecule has 0 radical (unpaired) electrons. The smallest absolute Gasteiger partial charge is 0.264 e. The summed E-state index contributed by atoms with van der Waals surface area (Å²) in [5.74, 6) is 0.515. The minimum Gasteiger partial charge on any atom is -0.382 e. The summed E-state index contributed by atoms with van der Waals surface area (Å²) in [5.41, 5.74) is 7.94. The minimum absolute atomic E-state index is 0.138. The lowest BCUT2D eigenvalue weighted by atomic mass is 10.2. The Balaban J connectivity index is 1.42. The lowest BCUT2D eigenvalue weighted by molar-refractivity contribution is 0.265. The number of anilines is 2. The normalized spacial score (nSPS) is 15.1. The second-order valence-electron chi connectivity index (χ2n) is 7.90. The zero-order valence-corrected chi connectivity index (χ0v) is 19.2. The zero-order chi connectivity index (χ0) is 23.1. The number of nitrogens with zero attached hydrogens (tertiary/aromatic N) is 6. The summed E-state index contributed by atoms with van der Waals surface area (Å²) in [4.78, 5) is 4.43. The van der Waals surface area contributed by atoms with Crippen molar-refractivity contribution in [2.24, 2.45) is 0 Å². The van der Waals surface area contributed by atoms with Crippen LogP contribution in [0.15, 0.2) is 12.3 Å². The van der Waals surface area contributed by atoms with Gasteiger partial charge in [0.05, 0.1) is 29.8 Å². The van der Waals surface area contributed by atoms with E-state index in [1.165, 1.54) is 4.52 Å². The molecule has 170 valence electrons. The maximum absolute atomic E-state index is 11.2. The fraction of sp³-hybridized carbons (Fsp3) is 0.474. The highest BCUT2D eigenvalue weighted by Crippen LogP contribution is 2.46. The topological polar surface area (TPSA) is 153 Å². The van der Waals surface area contributed by atoms with Gasteiger partial charge in [-0.3, -0.25) is 8.86 Å². The third-order valence-electron chi connectivity index (χ3n) is 5.51. The van der Waals surface area contributed by atoms with Gasteiger partial charge < -0.3 is 11.1 Å². The Hall–Kier alpha value is -2.88. The van der Waals surface area contributed by atoms with Gasteiger partial charge in [0.1, 0.15) is 28.3 Å². The largest absolute Gasteiger partial charge is 0.382 e. The van der Waals surface area contributed by atoms with Gasteiger partial charge in [-0.25, -0.2) is 4.98 Å². The SMILES string of the molecule is Cc1nn2c(N)c(C#N)c(NCCc3ccn(C4(CCOS(C)(=O)=O)CC4)n3)nc2c1Cl. The van der Waals surface area contributed by atoms with Crippen LogP contribution in [0.25, 0.3) is 5.65 Å². The van der Waals surface area contributed by atoms with Gasteiger partial charge in [-0.05, 0) is 32.3 Å². The van der Waals surface area contributed by atoms with Crippen LogP contribution >= 0.6 is 11.6 Å². The quantitative estimate of drug-likeness (QED) is 0.438. The molecule has 1 saturated carbocycles. The third kappa shape index (κ3) is 4.36. The fourth-order valence-corrected chi connectivity index (χ4v) is 4.12. The molecular weight excluding hydrogens is 456 g/mol. The number of halogens is 1. The predicted molar refractivity (Wildman–Crippen MR) is 119 cm³/mol. The minimum atomic E-state index is -3.45. The Morgan fingerprint density at radius 1 is 1.41 bits per heavy atom. The van der Waals surface area contributed by atoms with Crippen molar-refractivity contribution >= 4 is 39.0 Å². The van der Waals surface area contributed by atoms with Crippen molar-refractivity contribution in [2.75, 3.05) is 30.5 Å². The monoisotopic (exact) mass is 478 g/mol. The van der Waals surface area contributed by atoms with Gasteiger partial charge in [0.2, 0.25) is 0 Å². The molecule has 13 heteroatoms. The molecule has 0 bridgehead atoms. The lowest BCUT2D eigenvalue weighted by Crippen LogP contribution is -2.21. The Labute approximate surface area is 190 Å². The number of nitrogens with one attached hydrogen (secondary N) is 1. The molecule has 0 saturated heterocycles. The third-order valence-corrected chi connectivity index (χ3v) is 6.55. The summed E-state index contributed by atoms with van der Waals surface area (Å²) >= 11 is 6.26. The van der Waals surface area contributed by atoms with Crippen LogP contribution in [0.1, 0.15) is 36.2 Å². The van der Waals surface area contributed by atoms with E-state index in [1.54, 1.807) is 6.92 Å². The first-order valence-electron chi connectivity index (χ1n) is 10.0. The summed E-state index contributed by atoms with van der Waals surface area (Å²) in [6.07, 6.45) is 5.98. The van der Waals surface area contributed by atoms with E-state index in [-0.39, 0.29) is 23.5 Å². The highest BCUT2D eigenvalue weighted by Gasteiger charge is 2.45. The molecule has 0 aromatic carbocycles. The molecule has 0 aliphatic heterocycles. The van der Waals surface area contributed by atoms with Crippen LogP contribution in [0.2, 0.25) is 5.02 Å². The first-order chi connectivity index (χ1) is 15.1. The number of aromatic nitrogens is 5. The molecule has 0 amide bonds. The van der Waals surface area contributed by atoms with Crippen molar-refractivity contribution in [3.05, 3.63) is 34.2 Å². The molecular formula is C19H23ClN8O3S. The number of nitriles is 1. The van der Waals surface area contributed by atoms with Gasteiger partial charge in [0.15, 0.2) is 5.65 Å².